The van der Waals surface area contributed by atoms with Crippen LogP contribution in [-0.4, -0.2) is 9.91 Å². The van der Waals surface area contributed by atoms with Crippen molar-refractivity contribution in [1.82, 2.24) is 4.98 Å². The molecule has 0 N–H and O–H groups in total. The minimum absolute atomic E-state index is 0.0685. The van der Waals surface area contributed by atoms with Gasteiger partial charge in [-0.2, -0.15) is 0 Å². The lowest BCUT2D eigenvalue weighted by Crippen LogP contribution is -1.87. The largest absolute Gasteiger partial charge is 0.272 e. The number of hydrogen-bond acceptors (Lipinski definition) is 6. The number of hydrogen-bond donors (Lipinski definition) is 0. The lowest BCUT2D eigenvalue weighted by molar-refractivity contribution is -0.384. The zero-order chi connectivity index (χ0) is 16.4. The maximum Gasteiger partial charge on any atom is 0.272 e. The monoisotopic (exact) mass is 345 g/mol. The summed E-state index contributed by atoms with van der Waals surface area (Å²) < 4.78 is 0.606. The Morgan fingerprint density at radius 1 is 1.26 bits per heavy atom. The summed E-state index contributed by atoms with van der Waals surface area (Å²) in [6.45, 7) is 1.96. The molecule has 1 heterocycles. The van der Waals surface area contributed by atoms with E-state index in [1.54, 1.807) is 0 Å². The Balaban J connectivity index is 1.92. The maximum atomic E-state index is 10.9. The molecule has 0 unspecified atom stereocenters. The molecule has 0 spiro atoms. The Hall–Kier alpha value is -2.38. The number of thiazole rings is 1. The van der Waals surface area contributed by atoms with Crippen molar-refractivity contribution >= 4 is 49.7 Å². The molecule has 0 aliphatic rings. The molecule has 3 rings (SSSR count). The van der Waals surface area contributed by atoms with Crippen molar-refractivity contribution in [3.8, 4) is 0 Å². The van der Waals surface area contributed by atoms with Crippen LogP contribution in [0.2, 0.25) is 5.02 Å². The lowest BCUT2D eigenvalue weighted by atomic mass is 10.2. The van der Waals surface area contributed by atoms with Crippen molar-refractivity contribution < 1.29 is 4.92 Å². The first-order valence-corrected chi connectivity index (χ1v) is 7.82. The van der Waals surface area contributed by atoms with Gasteiger partial charge in [-0.25, -0.2) is 4.98 Å². The quantitative estimate of drug-likeness (QED) is 0.338. The molecule has 0 aliphatic carbocycles. The molecule has 3 aromatic rings. The second-order valence-corrected chi connectivity index (χ2v) is 6.02. The Morgan fingerprint density at radius 3 is 2.65 bits per heavy atom. The second-order valence-electron chi connectivity index (χ2n) is 4.61. The van der Waals surface area contributed by atoms with E-state index in [4.69, 9.17) is 11.6 Å². The number of non-ortho nitro benzene ring substituents is 1. The average Bonchev–Trinajstić information content (AvgIpc) is 2.97. The third-order valence-corrected chi connectivity index (χ3v) is 4.28. The predicted molar refractivity (Wildman–Crippen MR) is 91.0 cm³/mol. The van der Waals surface area contributed by atoms with Gasteiger partial charge in [0.25, 0.3) is 5.69 Å². The van der Waals surface area contributed by atoms with Crippen molar-refractivity contribution in [2.75, 3.05) is 0 Å². The first kappa shape index (κ1) is 15.5. The Kier molecular flexibility index (Phi) is 4.31. The van der Waals surface area contributed by atoms with Gasteiger partial charge in [-0.15, -0.1) is 10.2 Å². The van der Waals surface area contributed by atoms with E-state index >= 15 is 0 Å². The van der Waals surface area contributed by atoms with E-state index in [1.165, 1.54) is 23.5 Å². The summed E-state index contributed by atoms with van der Waals surface area (Å²) >= 11 is 7.24. The van der Waals surface area contributed by atoms with Crippen LogP contribution in [0.4, 0.5) is 16.5 Å². The van der Waals surface area contributed by atoms with Crippen LogP contribution < -0.4 is 0 Å². The van der Waals surface area contributed by atoms with Gasteiger partial charge in [0.2, 0.25) is 5.13 Å². The van der Waals surface area contributed by atoms with E-state index in [2.05, 4.69) is 15.2 Å². The molecular formula is C15H10ClN4O2S. The molecule has 0 aliphatic heterocycles. The Bertz CT molecular complexity index is 906. The smallest absolute Gasteiger partial charge is 0.258 e. The standard InChI is InChI=1S/C15H10ClN4O2S/c1-2-9-3-5-10(6-4-9)18-19-15-17-14-12(16)7-11(20(21)22)8-13(14)23-15/h2-8H,1H3. The highest BCUT2D eigenvalue weighted by atomic mass is 35.5. The summed E-state index contributed by atoms with van der Waals surface area (Å²) in [5.41, 5.74) is 2.23. The molecule has 115 valence electrons. The fourth-order valence-corrected chi connectivity index (χ4v) is 3.10. The fraction of sp³-hybridized carbons (Fsp3) is 0.0667. The topological polar surface area (TPSA) is 80.8 Å². The van der Waals surface area contributed by atoms with E-state index in [-0.39, 0.29) is 10.7 Å². The highest BCUT2D eigenvalue weighted by Crippen LogP contribution is 2.36. The third kappa shape index (κ3) is 3.35. The van der Waals surface area contributed by atoms with Crippen molar-refractivity contribution in [2.24, 2.45) is 10.2 Å². The van der Waals surface area contributed by atoms with Gasteiger partial charge in [-0.3, -0.25) is 10.1 Å². The number of nitro groups is 1. The molecule has 0 bridgehead atoms. The van der Waals surface area contributed by atoms with Crippen LogP contribution in [0.25, 0.3) is 10.2 Å². The lowest BCUT2D eigenvalue weighted by Gasteiger charge is -1.95. The first-order valence-electron chi connectivity index (χ1n) is 6.62. The average molecular weight is 346 g/mol. The first-order chi connectivity index (χ1) is 11.1. The zero-order valence-electron chi connectivity index (χ0n) is 11.9. The van der Waals surface area contributed by atoms with E-state index in [1.807, 2.05) is 37.6 Å². The minimum atomic E-state index is -0.488. The zero-order valence-corrected chi connectivity index (χ0v) is 13.5. The second kappa shape index (κ2) is 6.39. The van der Waals surface area contributed by atoms with Crippen LogP contribution in [0.5, 0.6) is 0 Å². The molecular weight excluding hydrogens is 336 g/mol. The normalized spacial score (nSPS) is 11.4. The van der Waals surface area contributed by atoms with Crippen LogP contribution in [0.1, 0.15) is 12.5 Å². The summed E-state index contributed by atoms with van der Waals surface area (Å²) in [6, 6.07) is 10.3. The number of halogens is 1. The van der Waals surface area contributed by atoms with Crippen molar-refractivity contribution in [3.63, 3.8) is 0 Å². The van der Waals surface area contributed by atoms with E-state index in [9.17, 15) is 10.1 Å². The number of rotatable bonds is 4. The van der Waals surface area contributed by atoms with Crippen molar-refractivity contribution in [3.05, 3.63) is 63.5 Å². The molecule has 8 heteroatoms. The van der Waals surface area contributed by atoms with Crippen molar-refractivity contribution in [1.29, 1.82) is 0 Å². The Morgan fingerprint density at radius 2 is 2.00 bits per heavy atom. The van der Waals surface area contributed by atoms with Crippen LogP contribution in [-0.2, 0) is 0 Å². The van der Waals surface area contributed by atoms with Crippen LogP contribution in [0, 0.1) is 16.5 Å². The van der Waals surface area contributed by atoms with E-state index in [0.717, 1.165) is 5.56 Å². The summed E-state index contributed by atoms with van der Waals surface area (Å²) in [7, 11) is 0. The summed E-state index contributed by atoms with van der Waals surface area (Å²) in [6.07, 6.45) is 1.99. The highest BCUT2D eigenvalue weighted by molar-refractivity contribution is 7.22. The van der Waals surface area contributed by atoms with Crippen LogP contribution in [0.3, 0.4) is 0 Å². The molecule has 0 amide bonds. The molecule has 0 atom stereocenters. The molecule has 1 radical (unpaired) electrons. The number of aromatic nitrogens is 1. The van der Waals surface area contributed by atoms with Gasteiger partial charge in [0.15, 0.2) is 0 Å². The molecule has 6 nitrogen and oxygen atoms in total. The predicted octanol–water partition coefficient (Wildman–Crippen LogP) is 5.85. The number of nitro benzene ring substituents is 1. The van der Waals surface area contributed by atoms with Gasteiger partial charge in [-0.1, -0.05) is 42.0 Å². The summed E-state index contributed by atoms with van der Waals surface area (Å²) in [5, 5.41) is 19.7. The molecule has 1 aromatic heterocycles. The van der Waals surface area contributed by atoms with Gasteiger partial charge in [0.05, 0.1) is 20.3 Å². The molecule has 2 aromatic carbocycles. The maximum absolute atomic E-state index is 10.9. The SMILES string of the molecule is C[CH]c1ccc(N=Nc2nc3c(Cl)cc([N+](=O)[O-])cc3s2)cc1. The van der Waals surface area contributed by atoms with Gasteiger partial charge in [-0.05, 0) is 24.1 Å². The molecule has 0 fully saturated rings. The van der Waals surface area contributed by atoms with Gasteiger partial charge in [0.1, 0.15) is 5.52 Å². The summed E-state index contributed by atoms with van der Waals surface area (Å²) in [5.74, 6) is 0. The molecule has 0 saturated heterocycles. The minimum Gasteiger partial charge on any atom is -0.258 e. The highest BCUT2D eigenvalue weighted by Gasteiger charge is 2.14. The van der Waals surface area contributed by atoms with Gasteiger partial charge in [0, 0.05) is 12.1 Å². The Labute approximate surface area is 140 Å². The number of nitrogens with zero attached hydrogens (tertiary/aromatic N) is 4. The number of fused-ring (bicyclic) bond motifs is 1. The van der Waals surface area contributed by atoms with Gasteiger partial charge < -0.3 is 0 Å². The van der Waals surface area contributed by atoms with Gasteiger partial charge >= 0.3 is 0 Å². The molecule has 0 saturated carbocycles. The van der Waals surface area contributed by atoms with Crippen molar-refractivity contribution in [2.45, 2.75) is 6.92 Å². The fourth-order valence-electron chi connectivity index (χ4n) is 1.95. The van der Waals surface area contributed by atoms with Crippen LogP contribution in [0.15, 0.2) is 46.6 Å². The molecule has 23 heavy (non-hydrogen) atoms. The third-order valence-electron chi connectivity index (χ3n) is 3.11. The van der Waals surface area contributed by atoms with Crippen LogP contribution >= 0.6 is 22.9 Å². The number of benzene rings is 2. The summed E-state index contributed by atoms with van der Waals surface area (Å²) in [4.78, 5) is 14.6. The van der Waals surface area contributed by atoms with E-state index in [0.29, 0.717) is 21.0 Å². The number of azo groups is 1. The van der Waals surface area contributed by atoms with E-state index < -0.39 is 4.92 Å².